The molecule has 122 valence electrons. The van der Waals surface area contributed by atoms with Crippen LogP contribution in [0.2, 0.25) is 0 Å². The Bertz CT molecular complexity index is 1020. The quantitative estimate of drug-likeness (QED) is 0.724. The Hall–Kier alpha value is -2.57. The van der Waals surface area contributed by atoms with Gasteiger partial charge in [-0.15, -0.1) is 0 Å². The molecule has 1 N–H and O–H groups in total. The monoisotopic (exact) mass is 343 g/mol. The lowest BCUT2D eigenvalue weighted by molar-refractivity contribution is 0.0996. The third-order valence-corrected chi connectivity index (χ3v) is 5.00. The van der Waals surface area contributed by atoms with Gasteiger partial charge in [0.25, 0.3) is 0 Å². The highest BCUT2D eigenvalue weighted by molar-refractivity contribution is 7.89. The van der Waals surface area contributed by atoms with E-state index in [-0.39, 0.29) is 10.5 Å². The number of Topliss-reactive ketones (excluding diaryl/α,β-unsaturated/α-hetero) is 1. The standard InChI is InChI=1S/C18H14FNO3S/c19-16-7-3-6-15(10-16)18(21)12-20-24(22,23)17-9-8-13-4-1-2-5-14(13)11-17/h1-11,20H,12H2. The van der Waals surface area contributed by atoms with Gasteiger partial charge >= 0.3 is 0 Å². The maximum Gasteiger partial charge on any atom is 0.241 e. The van der Waals surface area contributed by atoms with Crippen LogP contribution in [0.25, 0.3) is 10.8 Å². The summed E-state index contributed by atoms with van der Waals surface area (Å²) in [7, 11) is -3.83. The molecule has 0 aliphatic heterocycles. The van der Waals surface area contributed by atoms with Crippen LogP contribution in [-0.4, -0.2) is 20.7 Å². The van der Waals surface area contributed by atoms with Crippen LogP contribution in [-0.2, 0) is 10.0 Å². The number of hydrogen-bond acceptors (Lipinski definition) is 3. The van der Waals surface area contributed by atoms with E-state index in [0.29, 0.717) is 0 Å². The van der Waals surface area contributed by atoms with Gasteiger partial charge in [0.2, 0.25) is 10.0 Å². The highest BCUT2D eigenvalue weighted by Gasteiger charge is 2.17. The summed E-state index contributed by atoms with van der Waals surface area (Å²) in [5.41, 5.74) is 0.121. The number of ketones is 1. The van der Waals surface area contributed by atoms with Crippen molar-refractivity contribution in [3.63, 3.8) is 0 Å². The second kappa shape index (κ2) is 6.51. The van der Waals surface area contributed by atoms with Gasteiger partial charge in [0, 0.05) is 5.56 Å². The van der Waals surface area contributed by atoms with Crippen LogP contribution in [0.4, 0.5) is 4.39 Å². The summed E-state index contributed by atoms with van der Waals surface area (Å²) in [5, 5.41) is 1.71. The van der Waals surface area contributed by atoms with Crippen LogP contribution in [0.1, 0.15) is 10.4 Å². The van der Waals surface area contributed by atoms with Crippen LogP contribution < -0.4 is 4.72 Å². The second-order valence-electron chi connectivity index (χ2n) is 5.27. The number of hydrogen-bond donors (Lipinski definition) is 1. The topological polar surface area (TPSA) is 63.2 Å². The van der Waals surface area contributed by atoms with Crippen molar-refractivity contribution in [3.05, 3.63) is 78.1 Å². The predicted molar refractivity (Wildman–Crippen MR) is 89.9 cm³/mol. The highest BCUT2D eigenvalue weighted by atomic mass is 32.2. The molecule has 4 nitrogen and oxygen atoms in total. The largest absolute Gasteiger partial charge is 0.293 e. The van der Waals surface area contributed by atoms with E-state index in [2.05, 4.69) is 4.72 Å². The van der Waals surface area contributed by atoms with Crippen LogP contribution in [0.3, 0.4) is 0 Å². The molecule has 0 aliphatic rings. The highest BCUT2D eigenvalue weighted by Crippen LogP contribution is 2.18. The first-order valence-corrected chi connectivity index (χ1v) is 8.71. The average Bonchev–Trinajstić information content (AvgIpc) is 2.59. The van der Waals surface area contributed by atoms with Gasteiger partial charge in [-0.05, 0) is 35.0 Å². The zero-order valence-corrected chi connectivity index (χ0v) is 13.4. The summed E-state index contributed by atoms with van der Waals surface area (Å²) in [6.07, 6.45) is 0. The zero-order chi connectivity index (χ0) is 17.2. The van der Waals surface area contributed by atoms with Crippen LogP contribution >= 0.6 is 0 Å². The van der Waals surface area contributed by atoms with Gasteiger partial charge in [-0.3, -0.25) is 4.79 Å². The smallest absolute Gasteiger partial charge is 0.241 e. The number of benzene rings is 3. The molecule has 0 atom stereocenters. The molecule has 3 aromatic carbocycles. The molecule has 0 amide bonds. The molecule has 0 spiro atoms. The summed E-state index contributed by atoms with van der Waals surface area (Å²) >= 11 is 0. The lowest BCUT2D eigenvalue weighted by atomic mass is 10.1. The normalized spacial score (nSPS) is 11.5. The summed E-state index contributed by atoms with van der Waals surface area (Å²) in [6, 6.07) is 17.3. The Morgan fingerprint density at radius 1 is 0.917 bits per heavy atom. The Morgan fingerprint density at radius 3 is 2.42 bits per heavy atom. The number of sulfonamides is 1. The maximum atomic E-state index is 13.1. The third-order valence-electron chi connectivity index (χ3n) is 3.60. The lowest BCUT2D eigenvalue weighted by Crippen LogP contribution is -2.29. The van der Waals surface area contributed by atoms with Gasteiger partial charge in [0.05, 0.1) is 11.4 Å². The molecule has 0 unspecified atom stereocenters. The fraction of sp³-hybridized carbons (Fsp3) is 0.0556. The van der Waals surface area contributed by atoms with E-state index in [4.69, 9.17) is 0 Å². The third kappa shape index (κ3) is 3.50. The Balaban J connectivity index is 1.79. The SMILES string of the molecule is O=C(CNS(=O)(=O)c1ccc2ccccc2c1)c1cccc(F)c1. The van der Waals surface area contributed by atoms with Crippen molar-refractivity contribution in [1.82, 2.24) is 4.72 Å². The predicted octanol–water partition coefficient (Wildman–Crippen LogP) is 3.14. The number of carbonyl (C=O) groups excluding carboxylic acids is 1. The van der Waals surface area contributed by atoms with Crippen molar-refractivity contribution in [2.45, 2.75) is 4.90 Å². The zero-order valence-electron chi connectivity index (χ0n) is 12.6. The molecule has 0 aliphatic carbocycles. The van der Waals surface area contributed by atoms with Gasteiger partial charge in [0.15, 0.2) is 5.78 Å². The van der Waals surface area contributed by atoms with E-state index in [1.165, 1.54) is 24.3 Å². The Kier molecular flexibility index (Phi) is 4.42. The van der Waals surface area contributed by atoms with E-state index >= 15 is 0 Å². The van der Waals surface area contributed by atoms with E-state index < -0.39 is 28.2 Å². The first-order chi connectivity index (χ1) is 11.5. The molecule has 0 fully saturated rings. The van der Waals surface area contributed by atoms with E-state index in [1.807, 2.05) is 24.3 Å². The molecule has 0 radical (unpaired) electrons. The maximum absolute atomic E-state index is 13.1. The molecular formula is C18H14FNO3S. The number of rotatable bonds is 5. The molecule has 0 heterocycles. The number of carbonyl (C=O) groups is 1. The fourth-order valence-corrected chi connectivity index (χ4v) is 3.36. The van der Waals surface area contributed by atoms with Crippen molar-refractivity contribution in [2.24, 2.45) is 0 Å². The first-order valence-electron chi connectivity index (χ1n) is 7.23. The van der Waals surface area contributed by atoms with E-state index in [1.54, 1.807) is 12.1 Å². The number of halogens is 1. The summed E-state index contributed by atoms with van der Waals surface area (Å²) < 4.78 is 40.1. The molecule has 3 rings (SSSR count). The minimum absolute atomic E-state index is 0.0771. The van der Waals surface area contributed by atoms with Gasteiger partial charge < -0.3 is 0 Å². The van der Waals surface area contributed by atoms with Gasteiger partial charge in [-0.25, -0.2) is 17.5 Å². The molecular weight excluding hydrogens is 329 g/mol. The van der Waals surface area contributed by atoms with Crippen LogP contribution in [0, 0.1) is 5.82 Å². The van der Waals surface area contributed by atoms with Gasteiger partial charge in [-0.2, -0.15) is 0 Å². The molecule has 24 heavy (non-hydrogen) atoms. The fourth-order valence-electron chi connectivity index (χ4n) is 2.34. The summed E-state index contributed by atoms with van der Waals surface area (Å²) in [6.45, 7) is -0.432. The average molecular weight is 343 g/mol. The summed E-state index contributed by atoms with van der Waals surface area (Å²) in [4.78, 5) is 12.1. The Labute approximate surface area is 139 Å². The second-order valence-corrected chi connectivity index (χ2v) is 7.03. The van der Waals surface area contributed by atoms with Crippen molar-refractivity contribution in [2.75, 3.05) is 6.54 Å². The molecule has 0 saturated carbocycles. The van der Waals surface area contributed by atoms with Gasteiger partial charge in [0.1, 0.15) is 5.82 Å². The minimum Gasteiger partial charge on any atom is -0.293 e. The molecule has 6 heteroatoms. The molecule has 0 saturated heterocycles. The first kappa shape index (κ1) is 16.3. The lowest BCUT2D eigenvalue weighted by Gasteiger charge is -2.07. The van der Waals surface area contributed by atoms with E-state index in [9.17, 15) is 17.6 Å². The molecule has 0 aromatic heterocycles. The number of nitrogens with one attached hydrogen (secondary N) is 1. The van der Waals surface area contributed by atoms with E-state index in [0.717, 1.165) is 16.8 Å². The summed E-state index contributed by atoms with van der Waals surface area (Å²) in [5.74, 6) is -1.04. The van der Waals surface area contributed by atoms with Crippen molar-refractivity contribution in [3.8, 4) is 0 Å². The van der Waals surface area contributed by atoms with Crippen molar-refractivity contribution >= 4 is 26.6 Å². The van der Waals surface area contributed by atoms with Gasteiger partial charge in [-0.1, -0.05) is 42.5 Å². The van der Waals surface area contributed by atoms with Crippen molar-refractivity contribution < 1.29 is 17.6 Å². The van der Waals surface area contributed by atoms with Crippen LogP contribution in [0.15, 0.2) is 71.6 Å². The molecule has 0 bridgehead atoms. The Morgan fingerprint density at radius 2 is 1.67 bits per heavy atom. The minimum atomic E-state index is -3.83. The van der Waals surface area contributed by atoms with Crippen molar-refractivity contribution in [1.29, 1.82) is 0 Å². The molecule has 3 aromatic rings. The number of fused-ring (bicyclic) bond motifs is 1. The van der Waals surface area contributed by atoms with Crippen LogP contribution in [0.5, 0.6) is 0 Å².